The fourth-order valence-electron chi connectivity index (χ4n) is 2.74. The van der Waals surface area contributed by atoms with Crippen LogP contribution >= 0.6 is 15.9 Å². The number of hydrogen-bond acceptors (Lipinski definition) is 2. The van der Waals surface area contributed by atoms with E-state index in [1.807, 2.05) is 19.1 Å². The van der Waals surface area contributed by atoms with Gasteiger partial charge < -0.3 is 5.11 Å². The van der Waals surface area contributed by atoms with Crippen molar-refractivity contribution in [1.82, 2.24) is 4.90 Å². The molecule has 0 aromatic heterocycles. The van der Waals surface area contributed by atoms with Crippen LogP contribution in [0.25, 0.3) is 0 Å². The summed E-state index contributed by atoms with van der Waals surface area (Å²) in [5, 5.41) is 10.2. The van der Waals surface area contributed by atoms with Gasteiger partial charge in [-0.2, -0.15) is 0 Å². The lowest BCUT2D eigenvalue weighted by atomic mass is 9.94. The molecule has 1 fully saturated rings. The maximum Gasteiger partial charge on any atom is 0.123 e. The lowest BCUT2D eigenvalue weighted by Crippen LogP contribution is -2.40. The SMILES string of the molecule is Cc1cc(Br)cc(CN2CC(C)CCC2C)c1O. The number of piperidine rings is 1. The van der Waals surface area contributed by atoms with Crippen molar-refractivity contribution in [1.29, 1.82) is 0 Å². The van der Waals surface area contributed by atoms with Crippen molar-refractivity contribution in [3.05, 3.63) is 27.7 Å². The van der Waals surface area contributed by atoms with E-state index < -0.39 is 0 Å². The molecule has 18 heavy (non-hydrogen) atoms. The third kappa shape index (κ3) is 3.07. The van der Waals surface area contributed by atoms with E-state index in [9.17, 15) is 5.11 Å². The van der Waals surface area contributed by atoms with Crippen molar-refractivity contribution in [2.45, 2.75) is 46.2 Å². The van der Waals surface area contributed by atoms with Crippen LogP contribution in [-0.4, -0.2) is 22.6 Å². The van der Waals surface area contributed by atoms with Crippen molar-refractivity contribution < 1.29 is 5.11 Å². The van der Waals surface area contributed by atoms with E-state index in [4.69, 9.17) is 0 Å². The average molecular weight is 312 g/mol. The van der Waals surface area contributed by atoms with Gasteiger partial charge in [-0.3, -0.25) is 4.90 Å². The van der Waals surface area contributed by atoms with Crippen LogP contribution in [0.4, 0.5) is 0 Å². The number of halogens is 1. The quantitative estimate of drug-likeness (QED) is 0.889. The smallest absolute Gasteiger partial charge is 0.123 e. The van der Waals surface area contributed by atoms with E-state index in [0.717, 1.165) is 34.6 Å². The molecule has 1 N–H and O–H groups in total. The second kappa shape index (κ2) is 5.62. The van der Waals surface area contributed by atoms with Gasteiger partial charge in [0.2, 0.25) is 0 Å². The summed E-state index contributed by atoms with van der Waals surface area (Å²) in [5.74, 6) is 1.21. The van der Waals surface area contributed by atoms with Crippen LogP contribution in [0.15, 0.2) is 16.6 Å². The first-order valence-electron chi connectivity index (χ1n) is 6.69. The highest BCUT2D eigenvalue weighted by molar-refractivity contribution is 9.10. The summed E-state index contributed by atoms with van der Waals surface area (Å²) in [6, 6.07) is 4.61. The van der Waals surface area contributed by atoms with Crippen LogP contribution in [0.1, 0.15) is 37.8 Å². The molecule has 1 heterocycles. The Kier molecular flexibility index (Phi) is 4.33. The second-order valence-corrected chi connectivity index (χ2v) is 6.61. The third-order valence-electron chi connectivity index (χ3n) is 3.96. The van der Waals surface area contributed by atoms with Crippen molar-refractivity contribution in [3.8, 4) is 5.75 Å². The molecule has 0 spiro atoms. The minimum absolute atomic E-state index is 0.448. The van der Waals surface area contributed by atoms with Crippen LogP contribution < -0.4 is 0 Å². The lowest BCUT2D eigenvalue weighted by Gasteiger charge is -2.37. The Hall–Kier alpha value is -0.540. The van der Waals surface area contributed by atoms with Crippen molar-refractivity contribution in [2.75, 3.05) is 6.54 Å². The van der Waals surface area contributed by atoms with Gasteiger partial charge in [-0.25, -0.2) is 0 Å². The monoisotopic (exact) mass is 311 g/mol. The van der Waals surface area contributed by atoms with Gasteiger partial charge in [0.1, 0.15) is 5.75 Å². The zero-order valence-electron chi connectivity index (χ0n) is 11.4. The Morgan fingerprint density at radius 1 is 1.33 bits per heavy atom. The fraction of sp³-hybridized carbons (Fsp3) is 0.600. The Bertz CT molecular complexity index is 433. The normalized spacial score (nSPS) is 25.3. The zero-order valence-corrected chi connectivity index (χ0v) is 13.0. The number of nitrogens with zero attached hydrogens (tertiary/aromatic N) is 1. The average Bonchev–Trinajstić information content (AvgIpc) is 2.30. The molecule has 1 aliphatic rings. The van der Waals surface area contributed by atoms with Gasteiger partial charge in [0.15, 0.2) is 0 Å². The number of phenols is 1. The predicted octanol–water partition coefficient (Wildman–Crippen LogP) is 4.08. The zero-order chi connectivity index (χ0) is 13.3. The third-order valence-corrected chi connectivity index (χ3v) is 4.42. The van der Waals surface area contributed by atoms with E-state index in [-0.39, 0.29) is 0 Å². The topological polar surface area (TPSA) is 23.5 Å². The van der Waals surface area contributed by atoms with Gasteiger partial charge in [-0.15, -0.1) is 0 Å². The van der Waals surface area contributed by atoms with Crippen LogP contribution in [0.2, 0.25) is 0 Å². The standard InChI is InChI=1S/C15H22BrNO/c1-10-4-5-12(3)17(8-10)9-13-7-14(16)6-11(2)15(13)18/h6-7,10,12,18H,4-5,8-9H2,1-3H3. The van der Waals surface area contributed by atoms with Crippen LogP contribution in [-0.2, 0) is 6.54 Å². The minimum atomic E-state index is 0.448. The molecule has 0 bridgehead atoms. The van der Waals surface area contributed by atoms with Crippen LogP contribution in [0, 0.1) is 12.8 Å². The first-order chi connectivity index (χ1) is 8.47. The Balaban J connectivity index is 2.18. The molecule has 1 aromatic carbocycles. The molecular formula is C15H22BrNO. The van der Waals surface area contributed by atoms with E-state index in [0.29, 0.717) is 11.8 Å². The van der Waals surface area contributed by atoms with Gasteiger partial charge in [0.25, 0.3) is 0 Å². The molecule has 1 aromatic rings. The highest BCUT2D eigenvalue weighted by Crippen LogP contribution is 2.30. The van der Waals surface area contributed by atoms with E-state index in [1.54, 1.807) is 0 Å². The van der Waals surface area contributed by atoms with Crippen LogP contribution in [0.5, 0.6) is 5.75 Å². The van der Waals surface area contributed by atoms with Crippen molar-refractivity contribution in [2.24, 2.45) is 5.92 Å². The highest BCUT2D eigenvalue weighted by Gasteiger charge is 2.23. The molecule has 1 saturated heterocycles. The second-order valence-electron chi connectivity index (χ2n) is 5.69. The number of aryl methyl sites for hydroxylation is 1. The maximum atomic E-state index is 10.2. The number of hydrogen-bond donors (Lipinski definition) is 1. The Morgan fingerprint density at radius 3 is 2.78 bits per heavy atom. The summed E-state index contributed by atoms with van der Waals surface area (Å²) in [6.07, 6.45) is 2.58. The summed E-state index contributed by atoms with van der Waals surface area (Å²) < 4.78 is 1.05. The summed E-state index contributed by atoms with van der Waals surface area (Å²) in [5.41, 5.74) is 1.97. The predicted molar refractivity (Wildman–Crippen MR) is 78.8 cm³/mol. The van der Waals surface area contributed by atoms with Gasteiger partial charge in [0.05, 0.1) is 0 Å². The van der Waals surface area contributed by atoms with Gasteiger partial charge >= 0.3 is 0 Å². The summed E-state index contributed by atoms with van der Waals surface area (Å²) in [4.78, 5) is 2.48. The van der Waals surface area contributed by atoms with E-state index in [2.05, 4.69) is 34.7 Å². The maximum absolute atomic E-state index is 10.2. The first kappa shape index (κ1) is 13.9. The number of aromatic hydroxyl groups is 1. The van der Waals surface area contributed by atoms with Crippen molar-refractivity contribution >= 4 is 15.9 Å². The largest absolute Gasteiger partial charge is 0.507 e. The highest BCUT2D eigenvalue weighted by atomic mass is 79.9. The molecule has 0 amide bonds. The van der Waals surface area contributed by atoms with E-state index >= 15 is 0 Å². The van der Waals surface area contributed by atoms with Gasteiger partial charge in [-0.05, 0) is 50.3 Å². The van der Waals surface area contributed by atoms with E-state index in [1.165, 1.54) is 12.8 Å². The molecule has 1 aliphatic heterocycles. The molecular weight excluding hydrogens is 290 g/mol. The molecule has 3 heteroatoms. The molecule has 2 rings (SSSR count). The summed E-state index contributed by atoms with van der Waals surface area (Å²) in [6.45, 7) is 8.52. The van der Waals surface area contributed by atoms with Gasteiger partial charge in [0, 0.05) is 29.2 Å². The minimum Gasteiger partial charge on any atom is -0.507 e. The molecule has 0 radical (unpaired) electrons. The number of phenolic OH excluding ortho intramolecular Hbond substituents is 1. The molecule has 0 aliphatic carbocycles. The number of rotatable bonds is 2. The molecule has 2 atom stereocenters. The number of benzene rings is 1. The molecule has 2 unspecified atom stereocenters. The lowest BCUT2D eigenvalue weighted by molar-refractivity contribution is 0.116. The fourth-order valence-corrected chi connectivity index (χ4v) is 3.36. The summed E-state index contributed by atoms with van der Waals surface area (Å²) >= 11 is 3.51. The summed E-state index contributed by atoms with van der Waals surface area (Å²) in [7, 11) is 0. The Labute approximate surface area is 118 Å². The molecule has 100 valence electrons. The number of likely N-dealkylation sites (tertiary alicyclic amines) is 1. The van der Waals surface area contributed by atoms with Gasteiger partial charge in [-0.1, -0.05) is 22.9 Å². The Morgan fingerprint density at radius 2 is 2.06 bits per heavy atom. The first-order valence-corrected chi connectivity index (χ1v) is 7.48. The van der Waals surface area contributed by atoms with Crippen molar-refractivity contribution in [3.63, 3.8) is 0 Å². The molecule has 0 saturated carbocycles. The molecule has 2 nitrogen and oxygen atoms in total. The van der Waals surface area contributed by atoms with Crippen LogP contribution in [0.3, 0.4) is 0 Å².